The highest BCUT2D eigenvalue weighted by atomic mass is 14.9. The van der Waals surface area contributed by atoms with Gasteiger partial charge < -0.3 is 5.32 Å². The molecule has 1 saturated carbocycles. The van der Waals surface area contributed by atoms with Crippen molar-refractivity contribution in [2.45, 2.75) is 64.2 Å². The van der Waals surface area contributed by atoms with Crippen molar-refractivity contribution < 1.29 is 0 Å². The molecule has 1 nitrogen and oxygen atoms in total. The maximum Gasteiger partial charge on any atom is 0.00204 e. The third kappa shape index (κ3) is 3.25. The van der Waals surface area contributed by atoms with Crippen LogP contribution in [0.15, 0.2) is 24.3 Å². The molecule has 1 heteroatoms. The molecule has 0 amide bonds. The molecule has 110 valence electrons. The van der Waals surface area contributed by atoms with Gasteiger partial charge in [-0.2, -0.15) is 0 Å². The highest BCUT2D eigenvalue weighted by molar-refractivity contribution is 5.32. The predicted molar refractivity (Wildman–Crippen MR) is 86.2 cm³/mol. The summed E-state index contributed by atoms with van der Waals surface area (Å²) in [6.45, 7) is 4.87. The molecule has 0 aliphatic heterocycles. The third-order valence-electron chi connectivity index (χ3n) is 5.50. The van der Waals surface area contributed by atoms with Gasteiger partial charge in [0.1, 0.15) is 0 Å². The molecular formula is C19H29N. The van der Waals surface area contributed by atoms with Crippen LogP contribution in [0.1, 0.15) is 68.9 Å². The molecule has 0 heterocycles. The predicted octanol–water partition coefficient (Wildman–Crippen LogP) is 4.67. The molecular weight excluding hydrogens is 242 g/mol. The molecule has 1 N–H and O–H groups in total. The quantitative estimate of drug-likeness (QED) is 0.839. The number of rotatable bonds is 4. The Morgan fingerprint density at radius 1 is 1.10 bits per heavy atom. The van der Waals surface area contributed by atoms with Crippen LogP contribution in [-0.4, -0.2) is 13.1 Å². The van der Waals surface area contributed by atoms with Crippen LogP contribution in [0.2, 0.25) is 0 Å². The minimum Gasteiger partial charge on any atom is -0.316 e. The van der Waals surface area contributed by atoms with E-state index in [4.69, 9.17) is 0 Å². The fraction of sp³-hybridized carbons (Fsp3) is 0.684. The van der Waals surface area contributed by atoms with E-state index >= 15 is 0 Å². The molecule has 1 unspecified atom stereocenters. The van der Waals surface area contributed by atoms with E-state index in [-0.39, 0.29) is 0 Å². The largest absolute Gasteiger partial charge is 0.316 e. The minimum absolute atomic E-state index is 0.562. The zero-order chi connectivity index (χ0) is 13.8. The van der Waals surface area contributed by atoms with Crippen LogP contribution in [0.3, 0.4) is 0 Å². The Labute approximate surface area is 124 Å². The summed E-state index contributed by atoms with van der Waals surface area (Å²) in [5.74, 6) is 0.743. The van der Waals surface area contributed by atoms with E-state index in [1.165, 1.54) is 64.5 Å². The normalized spacial score (nSPS) is 25.1. The molecule has 0 saturated heterocycles. The van der Waals surface area contributed by atoms with Crippen molar-refractivity contribution >= 4 is 0 Å². The first-order valence-electron chi connectivity index (χ1n) is 8.55. The Balaban J connectivity index is 1.54. The zero-order valence-electron chi connectivity index (χ0n) is 13.0. The molecule has 0 radical (unpaired) electrons. The molecule has 3 rings (SSSR count). The van der Waals surface area contributed by atoms with Gasteiger partial charge in [-0.15, -0.1) is 0 Å². The molecule has 1 fully saturated rings. The first-order chi connectivity index (χ1) is 9.77. The number of aryl methyl sites for hydroxylation is 1. The number of nitrogens with one attached hydrogen (secondary N) is 1. The van der Waals surface area contributed by atoms with Gasteiger partial charge >= 0.3 is 0 Å². The first kappa shape index (κ1) is 14.1. The number of benzene rings is 1. The smallest absolute Gasteiger partial charge is 0.00204 e. The maximum atomic E-state index is 3.81. The van der Waals surface area contributed by atoms with Crippen molar-refractivity contribution in [1.29, 1.82) is 0 Å². The second-order valence-corrected chi connectivity index (χ2v) is 7.29. The monoisotopic (exact) mass is 271 g/mol. The fourth-order valence-corrected chi connectivity index (χ4v) is 4.20. The number of fused-ring (bicyclic) bond motifs is 1. The van der Waals surface area contributed by atoms with Crippen LogP contribution >= 0.6 is 0 Å². The van der Waals surface area contributed by atoms with Gasteiger partial charge in [0.05, 0.1) is 0 Å². The zero-order valence-corrected chi connectivity index (χ0v) is 13.0. The second kappa shape index (κ2) is 6.30. The summed E-state index contributed by atoms with van der Waals surface area (Å²) in [5, 5.41) is 3.81. The third-order valence-corrected chi connectivity index (χ3v) is 5.50. The fourth-order valence-electron chi connectivity index (χ4n) is 4.20. The van der Waals surface area contributed by atoms with Gasteiger partial charge in [-0.25, -0.2) is 0 Å². The van der Waals surface area contributed by atoms with Gasteiger partial charge in [-0.1, -0.05) is 50.5 Å². The molecule has 2 aliphatic carbocycles. The highest BCUT2D eigenvalue weighted by Crippen LogP contribution is 2.35. The summed E-state index contributed by atoms with van der Waals surface area (Å²) in [6, 6.07) is 9.07. The van der Waals surface area contributed by atoms with E-state index in [9.17, 15) is 0 Å². The van der Waals surface area contributed by atoms with Gasteiger partial charge in [0.15, 0.2) is 0 Å². The summed E-state index contributed by atoms with van der Waals surface area (Å²) >= 11 is 0. The van der Waals surface area contributed by atoms with E-state index in [2.05, 4.69) is 36.5 Å². The van der Waals surface area contributed by atoms with Crippen molar-refractivity contribution in [3.63, 3.8) is 0 Å². The van der Waals surface area contributed by atoms with Crippen LogP contribution in [0, 0.1) is 5.41 Å². The van der Waals surface area contributed by atoms with Gasteiger partial charge in [0, 0.05) is 13.1 Å². The van der Waals surface area contributed by atoms with Crippen LogP contribution in [0.25, 0.3) is 0 Å². The highest BCUT2D eigenvalue weighted by Gasteiger charge is 2.27. The van der Waals surface area contributed by atoms with Gasteiger partial charge in [-0.3, -0.25) is 0 Å². The van der Waals surface area contributed by atoms with E-state index in [0.717, 1.165) is 5.92 Å². The molecule has 0 spiro atoms. The van der Waals surface area contributed by atoms with Gasteiger partial charge in [0.2, 0.25) is 0 Å². The molecule has 20 heavy (non-hydrogen) atoms. The Kier molecular flexibility index (Phi) is 4.45. The summed E-state index contributed by atoms with van der Waals surface area (Å²) in [6.07, 6.45) is 11.2. The summed E-state index contributed by atoms with van der Waals surface area (Å²) < 4.78 is 0. The van der Waals surface area contributed by atoms with Crippen molar-refractivity contribution in [2.24, 2.45) is 5.41 Å². The lowest BCUT2D eigenvalue weighted by molar-refractivity contribution is 0.206. The maximum absolute atomic E-state index is 3.81. The summed E-state index contributed by atoms with van der Waals surface area (Å²) in [5.41, 5.74) is 3.77. The van der Waals surface area contributed by atoms with Crippen molar-refractivity contribution in [3.05, 3.63) is 35.4 Å². The lowest BCUT2D eigenvalue weighted by Gasteiger charge is -2.35. The van der Waals surface area contributed by atoms with Gasteiger partial charge in [-0.05, 0) is 54.6 Å². The molecule has 2 aliphatic rings. The number of hydrogen-bond donors (Lipinski definition) is 1. The lowest BCUT2D eigenvalue weighted by atomic mass is 9.75. The van der Waals surface area contributed by atoms with Crippen LogP contribution in [0.5, 0.6) is 0 Å². The summed E-state index contributed by atoms with van der Waals surface area (Å²) in [7, 11) is 0. The van der Waals surface area contributed by atoms with Crippen molar-refractivity contribution in [2.75, 3.05) is 13.1 Å². The number of hydrogen-bond acceptors (Lipinski definition) is 1. The molecule has 1 aromatic rings. The lowest BCUT2D eigenvalue weighted by Crippen LogP contribution is -2.36. The van der Waals surface area contributed by atoms with Crippen molar-refractivity contribution in [1.82, 2.24) is 5.32 Å². The van der Waals surface area contributed by atoms with Crippen LogP contribution in [-0.2, 0) is 6.42 Å². The Morgan fingerprint density at radius 2 is 1.90 bits per heavy atom. The average Bonchev–Trinajstić information content (AvgIpc) is 2.48. The Morgan fingerprint density at radius 3 is 2.75 bits per heavy atom. The van der Waals surface area contributed by atoms with E-state index < -0.39 is 0 Å². The van der Waals surface area contributed by atoms with Crippen molar-refractivity contribution in [3.8, 4) is 0 Å². The molecule has 1 atom stereocenters. The topological polar surface area (TPSA) is 12.0 Å². The Bertz CT molecular complexity index is 431. The first-order valence-corrected chi connectivity index (χ1v) is 8.55. The van der Waals surface area contributed by atoms with E-state index in [1.807, 2.05) is 0 Å². The van der Waals surface area contributed by atoms with E-state index in [0.29, 0.717) is 5.41 Å². The molecule has 0 aromatic heterocycles. The van der Waals surface area contributed by atoms with Crippen LogP contribution < -0.4 is 5.32 Å². The molecule has 0 bridgehead atoms. The summed E-state index contributed by atoms with van der Waals surface area (Å²) in [4.78, 5) is 0. The second-order valence-electron chi connectivity index (χ2n) is 7.29. The van der Waals surface area contributed by atoms with E-state index in [1.54, 1.807) is 11.1 Å². The standard InChI is InChI=1S/C19H29N/c1-19(12-5-2-6-13-19)15-20-14-17-10-7-9-16-8-3-4-11-18(16)17/h3-4,8,11,17,20H,2,5-7,9-10,12-15H2,1H3. The van der Waals surface area contributed by atoms with Crippen LogP contribution in [0.4, 0.5) is 0 Å². The minimum atomic E-state index is 0.562. The SMILES string of the molecule is CC1(CNCC2CCCc3ccccc32)CCCCC1. The van der Waals surface area contributed by atoms with Gasteiger partial charge in [0.25, 0.3) is 0 Å². The Hall–Kier alpha value is -0.820. The molecule has 1 aromatic carbocycles. The average molecular weight is 271 g/mol.